The molecular formula is C22H21NO7. The quantitative estimate of drug-likeness (QED) is 0.549. The number of rotatable bonds is 5. The molecular weight excluding hydrogens is 390 g/mol. The predicted octanol–water partition coefficient (Wildman–Crippen LogP) is 2.19. The molecule has 8 nitrogen and oxygen atoms in total. The molecule has 30 heavy (non-hydrogen) atoms. The van der Waals surface area contributed by atoms with Crippen molar-refractivity contribution in [2.45, 2.75) is 26.8 Å². The zero-order valence-electron chi connectivity index (χ0n) is 16.7. The predicted molar refractivity (Wildman–Crippen MR) is 106 cm³/mol. The standard InChI is InChI=1S/C22H21NO7/c1-4-30-22(29)18(10(2)3)23-21(28)11-8-13-17(15(25)9-11)20(27)16-12(19(13)26)6-5-7-14(16)24/h5-10,18,24-25H,4H2,1-3H3,(H,23,28)/t18-/m0/s1. The first-order chi connectivity index (χ1) is 14.2. The normalized spacial score (nSPS) is 13.5. The lowest BCUT2D eigenvalue weighted by Gasteiger charge is -2.22. The number of amides is 1. The van der Waals surface area contributed by atoms with Crippen LogP contribution in [0.5, 0.6) is 11.5 Å². The molecule has 0 unspecified atom stereocenters. The number of aromatic hydroxyl groups is 2. The molecule has 3 rings (SSSR count). The van der Waals surface area contributed by atoms with Crippen molar-refractivity contribution >= 4 is 23.4 Å². The van der Waals surface area contributed by atoms with Gasteiger partial charge in [-0.2, -0.15) is 0 Å². The molecule has 1 aliphatic rings. The van der Waals surface area contributed by atoms with E-state index in [9.17, 15) is 29.4 Å². The van der Waals surface area contributed by atoms with Crippen molar-refractivity contribution in [3.05, 3.63) is 58.1 Å². The van der Waals surface area contributed by atoms with Gasteiger partial charge in [-0.1, -0.05) is 26.0 Å². The van der Waals surface area contributed by atoms with Gasteiger partial charge in [-0.15, -0.1) is 0 Å². The fourth-order valence-corrected chi connectivity index (χ4v) is 3.37. The maximum Gasteiger partial charge on any atom is 0.328 e. The van der Waals surface area contributed by atoms with Crippen molar-refractivity contribution in [2.75, 3.05) is 6.61 Å². The van der Waals surface area contributed by atoms with Crippen LogP contribution in [0.3, 0.4) is 0 Å². The van der Waals surface area contributed by atoms with Gasteiger partial charge in [0.15, 0.2) is 5.78 Å². The van der Waals surface area contributed by atoms with Gasteiger partial charge in [0, 0.05) is 16.7 Å². The van der Waals surface area contributed by atoms with Gasteiger partial charge in [-0.25, -0.2) is 4.79 Å². The Morgan fingerprint density at radius 3 is 2.30 bits per heavy atom. The highest BCUT2D eigenvalue weighted by atomic mass is 16.5. The van der Waals surface area contributed by atoms with Crippen LogP contribution < -0.4 is 5.32 Å². The number of esters is 1. The lowest BCUT2D eigenvalue weighted by Crippen LogP contribution is -2.45. The van der Waals surface area contributed by atoms with E-state index in [0.29, 0.717) is 0 Å². The van der Waals surface area contributed by atoms with Gasteiger partial charge in [0.25, 0.3) is 5.91 Å². The summed E-state index contributed by atoms with van der Waals surface area (Å²) in [7, 11) is 0. The maximum absolute atomic E-state index is 12.9. The van der Waals surface area contributed by atoms with Crippen LogP contribution in [0.15, 0.2) is 30.3 Å². The van der Waals surface area contributed by atoms with Gasteiger partial charge in [0.05, 0.1) is 17.7 Å². The Kier molecular flexibility index (Phi) is 5.60. The van der Waals surface area contributed by atoms with Gasteiger partial charge in [-0.05, 0) is 31.0 Å². The average Bonchev–Trinajstić information content (AvgIpc) is 2.69. The Morgan fingerprint density at radius 2 is 1.67 bits per heavy atom. The Hall–Kier alpha value is -3.68. The van der Waals surface area contributed by atoms with E-state index >= 15 is 0 Å². The molecule has 156 valence electrons. The highest BCUT2D eigenvalue weighted by Gasteiger charge is 2.35. The summed E-state index contributed by atoms with van der Waals surface area (Å²) in [5, 5.41) is 22.9. The number of benzene rings is 2. The van der Waals surface area contributed by atoms with E-state index in [1.165, 1.54) is 24.3 Å². The third kappa shape index (κ3) is 3.52. The molecule has 0 saturated carbocycles. The third-order valence-corrected chi connectivity index (χ3v) is 4.86. The van der Waals surface area contributed by atoms with E-state index in [1.807, 2.05) is 0 Å². The first-order valence-electron chi connectivity index (χ1n) is 9.43. The highest BCUT2D eigenvalue weighted by Crippen LogP contribution is 2.37. The second kappa shape index (κ2) is 7.98. The van der Waals surface area contributed by atoms with Crippen LogP contribution >= 0.6 is 0 Å². The number of phenols is 2. The Labute approximate surface area is 172 Å². The number of nitrogens with one attached hydrogen (secondary N) is 1. The lowest BCUT2D eigenvalue weighted by atomic mass is 9.82. The van der Waals surface area contributed by atoms with Crippen molar-refractivity contribution in [2.24, 2.45) is 5.92 Å². The Balaban J connectivity index is 2.01. The number of hydrogen-bond acceptors (Lipinski definition) is 7. The molecule has 8 heteroatoms. The summed E-state index contributed by atoms with van der Waals surface area (Å²) in [6, 6.07) is 5.40. The van der Waals surface area contributed by atoms with Crippen LogP contribution in [-0.4, -0.2) is 46.3 Å². The van der Waals surface area contributed by atoms with Gasteiger partial charge in [0.2, 0.25) is 5.78 Å². The topological polar surface area (TPSA) is 130 Å². The largest absolute Gasteiger partial charge is 0.507 e. The van der Waals surface area contributed by atoms with E-state index in [1.54, 1.807) is 20.8 Å². The van der Waals surface area contributed by atoms with Gasteiger partial charge >= 0.3 is 5.97 Å². The summed E-state index contributed by atoms with van der Waals surface area (Å²) in [4.78, 5) is 50.5. The van der Waals surface area contributed by atoms with Crippen molar-refractivity contribution in [1.29, 1.82) is 0 Å². The number of fused-ring (bicyclic) bond motifs is 2. The molecule has 1 amide bonds. The minimum absolute atomic E-state index is 0.0176. The molecule has 0 aromatic heterocycles. The van der Waals surface area contributed by atoms with Crippen LogP contribution in [0.2, 0.25) is 0 Å². The number of carbonyl (C=O) groups is 4. The monoisotopic (exact) mass is 411 g/mol. The van der Waals surface area contributed by atoms with Crippen LogP contribution in [0.4, 0.5) is 0 Å². The number of carbonyl (C=O) groups excluding carboxylic acids is 4. The van der Waals surface area contributed by atoms with Crippen LogP contribution in [-0.2, 0) is 9.53 Å². The number of ketones is 2. The smallest absolute Gasteiger partial charge is 0.328 e. The zero-order valence-corrected chi connectivity index (χ0v) is 16.7. The van der Waals surface area contributed by atoms with Crippen LogP contribution in [0, 0.1) is 5.92 Å². The lowest BCUT2D eigenvalue weighted by molar-refractivity contribution is -0.146. The summed E-state index contributed by atoms with van der Waals surface area (Å²) < 4.78 is 4.97. The van der Waals surface area contributed by atoms with Gasteiger partial charge in [0.1, 0.15) is 17.5 Å². The third-order valence-electron chi connectivity index (χ3n) is 4.86. The second-order valence-corrected chi connectivity index (χ2v) is 7.22. The fraction of sp³-hybridized carbons (Fsp3) is 0.273. The summed E-state index contributed by atoms with van der Waals surface area (Å²) >= 11 is 0. The molecule has 0 spiro atoms. The molecule has 1 aliphatic carbocycles. The van der Waals surface area contributed by atoms with Crippen molar-refractivity contribution in [3.63, 3.8) is 0 Å². The molecule has 0 aliphatic heterocycles. The average molecular weight is 411 g/mol. The Morgan fingerprint density at radius 1 is 1.00 bits per heavy atom. The molecule has 0 bridgehead atoms. The summed E-state index contributed by atoms with van der Waals surface area (Å²) in [6.07, 6.45) is 0. The Bertz CT molecular complexity index is 1070. The number of ether oxygens (including phenoxy) is 1. The molecule has 0 saturated heterocycles. The molecule has 3 N–H and O–H groups in total. The van der Waals surface area contributed by atoms with E-state index in [0.717, 1.165) is 6.07 Å². The summed E-state index contributed by atoms with van der Waals surface area (Å²) in [5.41, 5.74) is -0.733. The molecule has 1 atom stereocenters. The number of phenolic OH excluding ortho intramolecular Hbond substituents is 2. The molecule has 0 radical (unpaired) electrons. The van der Waals surface area contributed by atoms with Crippen molar-refractivity contribution in [1.82, 2.24) is 5.32 Å². The van der Waals surface area contributed by atoms with E-state index in [4.69, 9.17) is 4.74 Å². The summed E-state index contributed by atoms with van der Waals surface area (Å²) in [5.74, 6) is -3.83. The number of hydrogen-bond donors (Lipinski definition) is 3. The van der Waals surface area contributed by atoms with Crippen molar-refractivity contribution in [3.8, 4) is 11.5 Å². The van der Waals surface area contributed by atoms with Crippen LogP contribution in [0.1, 0.15) is 63.0 Å². The van der Waals surface area contributed by atoms with E-state index in [2.05, 4.69) is 5.32 Å². The zero-order chi connectivity index (χ0) is 22.2. The minimum atomic E-state index is -0.925. The SMILES string of the molecule is CCOC(=O)[C@@H](NC(=O)c1cc(O)c2c(c1)C(=O)c1cccc(O)c1C2=O)C(C)C. The van der Waals surface area contributed by atoms with E-state index < -0.39 is 35.2 Å². The van der Waals surface area contributed by atoms with E-state index in [-0.39, 0.29) is 46.1 Å². The molecule has 2 aromatic rings. The van der Waals surface area contributed by atoms with Crippen molar-refractivity contribution < 1.29 is 34.1 Å². The molecule has 0 heterocycles. The first kappa shape index (κ1) is 21.0. The molecule has 0 fully saturated rings. The fourth-order valence-electron chi connectivity index (χ4n) is 3.37. The van der Waals surface area contributed by atoms with Gasteiger partial charge < -0.3 is 20.3 Å². The maximum atomic E-state index is 12.9. The first-order valence-corrected chi connectivity index (χ1v) is 9.43. The van der Waals surface area contributed by atoms with Crippen LogP contribution in [0.25, 0.3) is 0 Å². The molecule has 2 aromatic carbocycles. The summed E-state index contributed by atoms with van der Waals surface area (Å²) in [6.45, 7) is 5.27. The van der Waals surface area contributed by atoms with Gasteiger partial charge in [-0.3, -0.25) is 14.4 Å². The minimum Gasteiger partial charge on any atom is -0.507 e. The second-order valence-electron chi connectivity index (χ2n) is 7.22. The highest BCUT2D eigenvalue weighted by molar-refractivity contribution is 6.30.